The lowest BCUT2D eigenvalue weighted by Gasteiger charge is -2.09. The van der Waals surface area contributed by atoms with E-state index >= 15 is 0 Å². The number of aryl methyl sites for hydroxylation is 1. The SMILES string of the molecule is N#Cc1c(NC(=O)CCSc2nnc(-c3cccc(Br)c3)n2N)sc2c1CCCC2. The van der Waals surface area contributed by atoms with E-state index in [0.717, 1.165) is 41.3 Å². The van der Waals surface area contributed by atoms with Gasteiger partial charge in [0.05, 0.1) is 5.56 Å². The number of nitrogens with zero attached hydrogens (tertiary/aromatic N) is 4. The molecule has 0 saturated carbocycles. The van der Waals surface area contributed by atoms with Gasteiger partial charge in [-0.2, -0.15) is 5.26 Å². The lowest BCUT2D eigenvalue weighted by atomic mass is 9.96. The number of nitrogens with two attached hydrogens (primary N) is 1. The van der Waals surface area contributed by atoms with Gasteiger partial charge in [0, 0.05) is 27.1 Å². The number of thioether (sulfide) groups is 1. The highest BCUT2D eigenvalue weighted by atomic mass is 79.9. The van der Waals surface area contributed by atoms with Gasteiger partial charge < -0.3 is 11.2 Å². The van der Waals surface area contributed by atoms with E-state index < -0.39 is 0 Å². The zero-order chi connectivity index (χ0) is 21.1. The first-order valence-electron chi connectivity index (χ1n) is 9.50. The van der Waals surface area contributed by atoms with Crippen molar-refractivity contribution in [3.8, 4) is 17.5 Å². The number of carbonyl (C=O) groups excluding carboxylic acids is 1. The lowest BCUT2D eigenvalue weighted by Crippen LogP contribution is -2.14. The van der Waals surface area contributed by atoms with Crippen LogP contribution in [0.15, 0.2) is 33.9 Å². The van der Waals surface area contributed by atoms with Crippen molar-refractivity contribution in [3.63, 3.8) is 0 Å². The van der Waals surface area contributed by atoms with Crippen LogP contribution in [0.25, 0.3) is 11.4 Å². The van der Waals surface area contributed by atoms with Crippen molar-refractivity contribution < 1.29 is 4.79 Å². The summed E-state index contributed by atoms with van der Waals surface area (Å²) >= 11 is 6.35. The minimum atomic E-state index is -0.118. The van der Waals surface area contributed by atoms with E-state index in [-0.39, 0.29) is 12.3 Å². The summed E-state index contributed by atoms with van der Waals surface area (Å²) in [6.07, 6.45) is 4.45. The molecule has 1 amide bonds. The van der Waals surface area contributed by atoms with Crippen molar-refractivity contribution in [3.05, 3.63) is 44.7 Å². The Labute approximate surface area is 190 Å². The maximum Gasteiger partial charge on any atom is 0.225 e. The van der Waals surface area contributed by atoms with Crippen LogP contribution < -0.4 is 11.2 Å². The molecule has 30 heavy (non-hydrogen) atoms. The van der Waals surface area contributed by atoms with Gasteiger partial charge in [0.2, 0.25) is 11.1 Å². The Bertz CT molecular complexity index is 1130. The van der Waals surface area contributed by atoms with Crippen molar-refractivity contribution in [1.82, 2.24) is 14.9 Å². The van der Waals surface area contributed by atoms with Crippen LogP contribution in [-0.4, -0.2) is 26.5 Å². The highest BCUT2D eigenvalue weighted by Gasteiger charge is 2.22. The molecule has 0 bridgehead atoms. The van der Waals surface area contributed by atoms with Crippen molar-refractivity contribution in [2.75, 3.05) is 16.9 Å². The van der Waals surface area contributed by atoms with Gasteiger partial charge in [-0.1, -0.05) is 39.8 Å². The molecule has 154 valence electrons. The Morgan fingerprint density at radius 3 is 3.00 bits per heavy atom. The van der Waals surface area contributed by atoms with E-state index in [1.54, 1.807) is 0 Å². The van der Waals surface area contributed by atoms with Gasteiger partial charge in [-0.05, 0) is 43.4 Å². The average molecular weight is 503 g/mol. The quantitative estimate of drug-likeness (QED) is 0.382. The number of nitrogen functional groups attached to an aromatic ring is 1. The smallest absolute Gasteiger partial charge is 0.225 e. The number of aromatic nitrogens is 3. The van der Waals surface area contributed by atoms with Crippen LogP contribution in [0.5, 0.6) is 0 Å². The van der Waals surface area contributed by atoms with Gasteiger partial charge >= 0.3 is 0 Å². The van der Waals surface area contributed by atoms with Crippen LogP contribution in [-0.2, 0) is 17.6 Å². The topological polar surface area (TPSA) is 110 Å². The van der Waals surface area contributed by atoms with Crippen LogP contribution in [0.1, 0.15) is 35.3 Å². The summed E-state index contributed by atoms with van der Waals surface area (Å²) in [6, 6.07) is 9.93. The van der Waals surface area contributed by atoms with E-state index in [9.17, 15) is 10.1 Å². The number of amides is 1. The Balaban J connectivity index is 1.36. The third kappa shape index (κ3) is 4.38. The molecule has 0 fully saturated rings. The standard InChI is InChI=1S/C20H19BrN6OS2/c21-13-5-3-4-12(10-13)18-25-26-20(27(18)23)29-9-8-17(28)24-19-15(11-22)14-6-1-2-7-16(14)30-19/h3-5,10H,1-2,6-9,23H2,(H,24,28). The highest BCUT2D eigenvalue weighted by Crippen LogP contribution is 2.37. The lowest BCUT2D eigenvalue weighted by molar-refractivity contribution is -0.115. The highest BCUT2D eigenvalue weighted by molar-refractivity contribution is 9.10. The first-order valence-corrected chi connectivity index (χ1v) is 12.1. The number of benzene rings is 1. The normalized spacial score (nSPS) is 12.9. The molecular weight excluding hydrogens is 484 g/mol. The molecule has 3 aromatic rings. The molecule has 0 spiro atoms. The van der Waals surface area contributed by atoms with E-state index in [1.165, 1.54) is 32.7 Å². The Hall–Kier alpha value is -2.35. The minimum Gasteiger partial charge on any atom is -0.335 e. The predicted molar refractivity (Wildman–Crippen MR) is 123 cm³/mol. The molecule has 0 unspecified atom stereocenters. The van der Waals surface area contributed by atoms with Crippen molar-refractivity contribution in [2.45, 2.75) is 37.3 Å². The fraction of sp³-hybridized carbons (Fsp3) is 0.300. The summed E-state index contributed by atoms with van der Waals surface area (Å²) in [5.41, 5.74) is 2.61. The second-order valence-corrected chi connectivity index (χ2v) is 9.94. The van der Waals surface area contributed by atoms with Crippen LogP contribution in [0.2, 0.25) is 0 Å². The second kappa shape index (κ2) is 9.20. The molecule has 10 heteroatoms. The minimum absolute atomic E-state index is 0.118. The van der Waals surface area contributed by atoms with Crippen molar-refractivity contribution >= 4 is 49.9 Å². The van der Waals surface area contributed by atoms with Gasteiger partial charge in [-0.3, -0.25) is 4.79 Å². The summed E-state index contributed by atoms with van der Waals surface area (Å²) in [4.78, 5) is 13.7. The fourth-order valence-electron chi connectivity index (χ4n) is 3.40. The van der Waals surface area contributed by atoms with Crippen LogP contribution in [0, 0.1) is 11.3 Å². The molecule has 1 aliphatic carbocycles. The number of halogens is 1. The number of nitrogens with one attached hydrogen (secondary N) is 1. The number of thiophene rings is 1. The Morgan fingerprint density at radius 2 is 2.20 bits per heavy atom. The van der Waals surface area contributed by atoms with Gasteiger partial charge in [-0.15, -0.1) is 21.5 Å². The average Bonchev–Trinajstić information content (AvgIpc) is 3.27. The molecule has 1 aromatic carbocycles. The zero-order valence-electron chi connectivity index (χ0n) is 16.0. The van der Waals surface area contributed by atoms with Crippen LogP contribution in [0.3, 0.4) is 0 Å². The Kier molecular flexibility index (Phi) is 6.41. The number of fused-ring (bicyclic) bond motifs is 1. The number of rotatable bonds is 6. The van der Waals surface area contributed by atoms with Crippen molar-refractivity contribution in [2.24, 2.45) is 0 Å². The van der Waals surface area contributed by atoms with Crippen LogP contribution >= 0.6 is 39.0 Å². The molecule has 3 N–H and O–H groups in total. The number of nitriles is 1. The molecule has 0 atom stereocenters. The van der Waals surface area contributed by atoms with Gasteiger partial charge in [0.25, 0.3) is 0 Å². The van der Waals surface area contributed by atoms with Gasteiger partial charge in [0.15, 0.2) is 5.82 Å². The molecule has 2 heterocycles. The largest absolute Gasteiger partial charge is 0.335 e. The third-order valence-electron chi connectivity index (χ3n) is 4.84. The molecule has 4 rings (SSSR count). The zero-order valence-corrected chi connectivity index (χ0v) is 19.2. The molecular formula is C20H19BrN6OS2. The van der Waals surface area contributed by atoms with Crippen LogP contribution in [0.4, 0.5) is 5.00 Å². The first-order chi connectivity index (χ1) is 14.6. The summed E-state index contributed by atoms with van der Waals surface area (Å²) in [5, 5.41) is 22.0. The molecule has 0 radical (unpaired) electrons. The third-order valence-corrected chi connectivity index (χ3v) is 7.49. The molecule has 7 nitrogen and oxygen atoms in total. The molecule has 0 aliphatic heterocycles. The summed E-state index contributed by atoms with van der Waals surface area (Å²) in [7, 11) is 0. The Morgan fingerprint density at radius 1 is 1.37 bits per heavy atom. The number of hydrogen-bond acceptors (Lipinski definition) is 7. The van der Waals surface area contributed by atoms with E-state index in [4.69, 9.17) is 5.84 Å². The second-order valence-electron chi connectivity index (χ2n) is 6.86. The maximum atomic E-state index is 12.4. The number of carbonyl (C=O) groups is 1. The van der Waals surface area contributed by atoms with E-state index in [1.807, 2.05) is 24.3 Å². The molecule has 2 aromatic heterocycles. The first kappa shape index (κ1) is 20.9. The van der Waals surface area contributed by atoms with Gasteiger partial charge in [-0.25, -0.2) is 4.68 Å². The summed E-state index contributed by atoms with van der Waals surface area (Å²) < 4.78 is 2.37. The van der Waals surface area contributed by atoms with E-state index in [0.29, 0.717) is 27.3 Å². The molecule has 1 aliphatic rings. The number of hydrogen-bond donors (Lipinski definition) is 2. The number of anilines is 1. The fourth-order valence-corrected chi connectivity index (χ4v) is 5.85. The van der Waals surface area contributed by atoms with Crippen molar-refractivity contribution in [1.29, 1.82) is 5.26 Å². The molecule has 0 saturated heterocycles. The summed E-state index contributed by atoms with van der Waals surface area (Å²) in [5.74, 6) is 7.09. The van der Waals surface area contributed by atoms with E-state index in [2.05, 4.69) is 37.5 Å². The monoisotopic (exact) mass is 502 g/mol. The summed E-state index contributed by atoms with van der Waals surface area (Å²) in [6.45, 7) is 0. The maximum absolute atomic E-state index is 12.4. The predicted octanol–water partition coefficient (Wildman–Crippen LogP) is 4.35. The van der Waals surface area contributed by atoms with Gasteiger partial charge in [0.1, 0.15) is 11.1 Å².